The third kappa shape index (κ3) is 9.01. The van der Waals surface area contributed by atoms with Gasteiger partial charge in [0.2, 0.25) is 0 Å². The largest absolute Gasteiger partial charge is 0.260 e. The molecule has 19 heavy (non-hydrogen) atoms. The lowest BCUT2D eigenvalue weighted by atomic mass is 9.96. The number of nitrogens with zero attached hydrogens (tertiary/aromatic N) is 2. The summed E-state index contributed by atoms with van der Waals surface area (Å²) in [6.07, 6.45) is 9.75. The topological polar surface area (TPSA) is 32.7 Å². The van der Waals surface area contributed by atoms with Crippen molar-refractivity contribution in [3.8, 4) is 0 Å². The fourth-order valence-electron chi connectivity index (χ4n) is 2.57. The van der Waals surface area contributed by atoms with Gasteiger partial charge >= 0.3 is 0 Å². The van der Waals surface area contributed by atoms with Gasteiger partial charge in [0.25, 0.3) is 0 Å². The average molecular weight is 270 g/mol. The van der Waals surface area contributed by atoms with Crippen molar-refractivity contribution in [2.45, 2.75) is 79.1 Å². The molecule has 0 spiro atoms. The summed E-state index contributed by atoms with van der Waals surface area (Å²) >= 11 is 0. The Morgan fingerprint density at radius 2 is 1.26 bits per heavy atom. The fourth-order valence-corrected chi connectivity index (χ4v) is 2.57. The van der Waals surface area contributed by atoms with Crippen LogP contribution in [-0.2, 0) is 0 Å². The van der Waals surface area contributed by atoms with Gasteiger partial charge in [-0.2, -0.15) is 0 Å². The van der Waals surface area contributed by atoms with Gasteiger partial charge in [0.1, 0.15) is 0 Å². The highest BCUT2D eigenvalue weighted by molar-refractivity contribution is 4.67. The van der Waals surface area contributed by atoms with E-state index < -0.39 is 0 Å². The van der Waals surface area contributed by atoms with Crippen LogP contribution in [0.2, 0.25) is 0 Å². The molecule has 0 rings (SSSR count). The van der Waals surface area contributed by atoms with E-state index in [2.05, 4.69) is 33.0 Å². The van der Waals surface area contributed by atoms with E-state index in [-0.39, 0.29) is 0 Å². The normalized spacial score (nSPS) is 14.1. The van der Waals surface area contributed by atoms with E-state index >= 15 is 0 Å². The van der Waals surface area contributed by atoms with Gasteiger partial charge in [0.05, 0.1) is 5.29 Å². The molecule has 0 amide bonds. The summed E-state index contributed by atoms with van der Waals surface area (Å²) in [6, 6.07) is 0. The van der Waals surface area contributed by atoms with Gasteiger partial charge in [-0.1, -0.05) is 66.2 Å². The Hall–Kier alpha value is -0.600. The van der Waals surface area contributed by atoms with Crippen LogP contribution in [-0.4, -0.2) is 18.1 Å². The smallest absolute Gasteiger partial charge is 0.0524 e. The highest BCUT2D eigenvalue weighted by Crippen LogP contribution is 2.18. The molecule has 2 atom stereocenters. The number of hydrogen-bond acceptors (Lipinski definition) is 2. The standard InChI is InChI=1S/C16H34N2O/c1-5-9-11-15(7-3)13-18(17-19)14-16(8-4)12-10-6-2/h15-16H,5-14H2,1-4H3/t15-,16-/m0/s1. The number of rotatable bonds is 13. The second-order valence-corrected chi connectivity index (χ2v) is 5.79. The van der Waals surface area contributed by atoms with Crippen LogP contribution in [0.3, 0.4) is 0 Å². The van der Waals surface area contributed by atoms with Crippen LogP contribution in [0.1, 0.15) is 79.1 Å². The third-order valence-electron chi connectivity index (χ3n) is 4.14. The monoisotopic (exact) mass is 270 g/mol. The second-order valence-electron chi connectivity index (χ2n) is 5.79. The first-order valence-electron chi connectivity index (χ1n) is 8.29. The Kier molecular flexibility index (Phi) is 12.0. The summed E-state index contributed by atoms with van der Waals surface area (Å²) in [5.41, 5.74) is 0. The van der Waals surface area contributed by atoms with Crippen LogP contribution in [0.5, 0.6) is 0 Å². The molecule has 0 saturated carbocycles. The minimum atomic E-state index is 0.626. The van der Waals surface area contributed by atoms with Crippen LogP contribution in [0.4, 0.5) is 0 Å². The molecule has 0 aliphatic rings. The molecule has 3 nitrogen and oxygen atoms in total. The first-order valence-corrected chi connectivity index (χ1v) is 8.29. The SMILES string of the molecule is CCCC[C@H](CC)CN(C[C@@H](CC)CCCC)N=O. The molecule has 0 aromatic carbocycles. The van der Waals surface area contributed by atoms with Crippen molar-refractivity contribution in [2.24, 2.45) is 17.1 Å². The number of nitroso groups, excluding NO2 is 1. The van der Waals surface area contributed by atoms with Crippen LogP contribution in [0.15, 0.2) is 5.29 Å². The molecular weight excluding hydrogens is 236 g/mol. The van der Waals surface area contributed by atoms with Crippen LogP contribution < -0.4 is 0 Å². The number of hydrogen-bond donors (Lipinski definition) is 0. The molecule has 0 unspecified atom stereocenters. The molecular formula is C16H34N2O. The van der Waals surface area contributed by atoms with Gasteiger partial charge in [-0.15, -0.1) is 4.91 Å². The maximum Gasteiger partial charge on any atom is 0.0524 e. The molecule has 0 bridgehead atoms. The Labute approximate surface area is 120 Å². The zero-order chi connectivity index (χ0) is 14.5. The summed E-state index contributed by atoms with van der Waals surface area (Å²) < 4.78 is 0. The van der Waals surface area contributed by atoms with Crippen molar-refractivity contribution < 1.29 is 0 Å². The van der Waals surface area contributed by atoms with Gasteiger partial charge in [-0.3, -0.25) is 5.01 Å². The Morgan fingerprint density at radius 1 is 0.842 bits per heavy atom. The zero-order valence-electron chi connectivity index (χ0n) is 13.5. The van der Waals surface area contributed by atoms with Crippen molar-refractivity contribution in [3.05, 3.63) is 4.91 Å². The molecule has 0 saturated heterocycles. The predicted octanol–water partition coefficient (Wildman–Crippen LogP) is 5.40. The summed E-state index contributed by atoms with van der Waals surface area (Å²) in [5, 5.41) is 5.05. The minimum absolute atomic E-state index is 0.626. The maximum atomic E-state index is 11.0. The summed E-state index contributed by atoms with van der Waals surface area (Å²) in [6.45, 7) is 10.6. The minimum Gasteiger partial charge on any atom is -0.260 e. The van der Waals surface area contributed by atoms with Crippen molar-refractivity contribution in [2.75, 3.05) is 13.1 Å². The molecule has 0 fully saturated rings. The van der Waals surface area contributed by atoms with Crippen LogP contribution >= 0.6 is 0 Å². The van der Waals surface area contributed by atoms with Crippen molar-refractivity contribution in [3.63, 3.8) is 0 Å². The summed E-state index contributed by atoms with van der Waals surface area (Å²) in [4.78, 5) is 11.0. The first-order chi connectivity index (χ1) is 9.21. The van der Waals surface area contributed by atoms with Gasteiger partial charge < -0.3 is 0 Å². The lowest BCUT2D eigenvalue weighted by molar-refractivity contribution is 0.185. The quantitative estimate of drug-likeness (QED) is 0.331. The van der Waals surface area contributed by atoms with E-state index in [4.69, 9.17) is 0 Å². The average Bonchev–Trinajstić information content (AvgIpc) is 2.45. The van der Waals surface area contributed by atoms with Gasteiger partial charge in [0.15, 0.2) is 0 Å². The Balaban J connectivity index is 4.18. The van der Waals surface area contributed by atoms with E-state index in [0.717, 1.165) is 25.9 Å². The zero-order valence-corrected chi connectivity index (χ0v) is 13.5. The predicted molar refractivity (Wildman–Crippen MR) is 84.0 cm³/mol. The fraction of sp³-hybridized carbons (Fsp3) is 1.00. The van der Waals surface area contributed by atoms with Crippen molar-refractivity contribution >= 4 is 0 Å². The van der Waals surface area contributed by atoms with E-state index in [0.29, 0.717) is 11.8 Å². The molecule has 0 radical (unpaired) electrons. The van der Waals surface area contributed by atoms with E-state index in [1.54, 1.807) is 5.01 Å². The third-order valence-corrected chi connectivity index (χ3v) is 4.14. The Morgan fingerprint density at radius 3 is 1.53 bits per heavy atom. The van der Waals surface area contributed by atoms with Gasteiger partial charge in [-0.25, -0.2) is 0 Å². The van der Waals surface area contributed by atoms with E-state index in [9.17, 15) is 4.91 Å². The van der Waals surface area contributed by atoms with Gasteiger partial charge in [-0.05, 0) is 24.7 Å². The van der Waals surface area contributed by atoms with E-state index in [1.165, 1.54) is 38.5 Å². The van der Waals surface area contributed by atoms with Crippen molar-refractivity contribution in [1.29, 1.82) is 0 Å². The maximum absolute atomic E-state index is 11.0. The highest BCUT2D eigenvalue weighted by Gasteiger charge is 2.16. The summed E-state index contributed by atoms with van der Waals surface area (Å²) in [5.74, 6) is 1.25. The van der Waals surface area contributed by atoms with Crippen LogP contribution in [0, 0.1) is 16.7 Å². The molecule has 114 valence electrons. The second kappa shape index (κ2) is 12.4. The molecule has 0 heterocycles. The first kappa shape index (κ1) is 18.4. The summed E-state index contributed by atoms with van der Waals surface area (Å²) in [7, 11) is 0. The molecule has 0 aromatic rings. The molecule has 3 heteroatoms. The van der Waals surface area contributed by atoms with Gasteiger partial charge in [0, 0.05) is 13.1 Å². The molecule has 0 N–H and O–H groups in total. The lowest BCUT2D eigenvalue weighted by Crippen LogP contribution is -2.29. The highest BCUT2D eigenvalue weighted by atomic mass is 16.3. The van der Waals surface area contributed by atoms with Crippen molar-refractivity contribution in [1.82, 2.24) is 5.01 Å². The van der Waals surface area contributed by atoms with Crippen LogP contribution in [0.25, 0.3) is 0 Å². The molecule has 0 aliphatic carbocycles. The Bertz CT molecular complexity index is 191. The molecule has 0 aliphatic heterocycles. The lowest BCUT2D eigenvalue weighted by Gasteiger charge is -2.25. The van der Waals surface area contributed by atoms with E-state index in [1.807, 2.05) is 0 Å². The molecule has 0 aromatic heterocycles. The number of unbranched alkanes of at least 4 members (excludes halogenated alkanes) is 2.